The average molecular weight is 469 g/mol. The van der Waals surface area contributed by atoms with Crippen molar-refractivity contribution in [2.45, 2.75) is 24.7 Å². The van der Waals surface area contributed by atoms with E-state index in [4.69, 9.17) is 19.9 Å². The minimum atomic E-state index is -4.72. The maximum atomic E-state index is 14.9. The molecule has 1 aromatic heterocycles. The zero-order chi connectivity index (χ0) is 23.8. The van der Waals surface area contributed by atoms with E-state index in [1.807, 2.05) is 0 Å². The molecular formula is C20H19F4N5O4. The van der Waals surface area contributed by atoms with Crippen LogP contribution in [0.1, 0.15) is 23.0 Å². The number of aromatic nitrogens is 2. The van der Waals surface area contributed by atoms with Crippen LogP contribution < -0.4 is 15.8 Å². The summed E-state index contributed by atoms with van der Waals surface area (Å²) in [5.41, 5.74) is 3.70. The van der Waals surface area contributed by atoms with E-state index in [0.29, 0.717) is 6.61 Å². The van der Waals surface area contributed by atoms with Gasteiger partial charge in [-0.1, -0.05) is 0 Å². The van der Waals surface area contributed by atoms with Gasteiger partial charge in [0.05, 0.1) is 38.1 Å². The van der Waals surface area contributed by atoms with E-state index < -0.39 is 48.7 Å². The number of rotatable bonds is 5. The Labute approximate surface area is 185 Å². The van der Waals surface area contributed by atoms with Gasteiger partial charge in [-0.3, -0.25) is 4.79 Å². The number of amidine groups is 1. The first-order valence-corrected chi connectivity index (χ1v) is 9.86. The number of nitrogens with zero attached hydrogens (tertiary/aromatic N) is 3. The van der Waals surface area contributed by atoms with E-state index in [1.54, 1.807) is 6.92 Å². The number of nitrogens with one attached hydrogen (secondary N) is 1. The van der Waals surface area contributed by atoms with E-state index >= 15 is 0 Å². The van der Waals surface area contributed by atoms with Crippen LogP contribution in [0.15, 0.2) is 35.6 Å². The number of hydrogen-bond acceptors (Lipinski definition) is 8. The van der Waals surface area contributed by atoms with Gasteiger partial charge in [0.1, 0.15) is 17.1 Å². The lowest BCUT2D eigenvalue weighted by Crippen LogP contribution is -2.48. The van der Waals surface area contributed by atoms with Crippen LogP contribution in [0.3, 0.4) is 0 Å². The summed E-state index contributed by atoms with van der Waals surface area (Å²) in [5, 5.41) is 2.52. The third kappa shape index (κ3) is 4.27. The van der Waals surface area contributed by atoms with Crippen molar-refractivity contribution in [3.63, 3.8) is 0 Å². The molecule has 176 valence electrons. The summed E-state index contributed by atoms with van der Waals surface area (Å²) in [6.45, 7) is 1.11. The molecule has 1 saturated heterocycles. The van der Waals surface area contributed by atoms with Gasteiger partial charge < -0.3 is 25.3 Å². The van der Waals surface area contributed by atoms with Crippen molar-refractivity contribution in [3.8, 4) is 5.88 Å². The van der Waals surface area contributed by atoms with Gasteiger partial charge in [-0.25, -0.2) is 19.4 Å². The average Bonchev–Trinajstić information content (AvgIpc) is 3.15. The second kappa shape index (κ2) is 8.46. The minimum absolute atomic E-state index is 0.0463. The van der Waals surface area contributed by atoms with Gasteiger partial charge in [0.2, 0.25) is 5.88 Å². The van der Waals surface area contributed by atoms with E-state index in [1.165, 1.54) is 24.5 Å². The molecule has 2 aliphatic rings. The fraction of sp³-hybridized carbons (Fsp3) is 0.400. The number of fused-ring (bicyclic) bond motifs is 1. The molecule has 3 atom stereocenters. The molecule has 0 unspecified atom stereocenters. The van der Waals surface area contributed by atoms with E-state index in [-0.39, 0.29) is 28.8 Å². The van der Waals surface area contributed by atoms with Crippen molar-refractivity contribution in [1.29, 1.82) is 0 Å². The molecule has 2 aliphatic heterocycles. The summed E-state index contributed by atoms with van der Waals surface area (Å²) in [6, 6.07) is 3.10. The van der Waals surface area contributed by atoms with Crippen LogP contribution in [-0.4, -0.2) is 54.0 Å². The van der Waals surface area contributed by atoms with E-state index in [2.05, 4.69) is 20.3 Å². The fourth-order valence-corrected chi connectivity index (χ4v) is 3.88. The van der Waals surface area contributed by atoms with Crippen LogP contribution in [0.5, 0.6) is 5.88 Å². The molecule has 1 aromatic carbocycles. The highest BCUT2D eigenvalue weighted by Gasteiger charge is 2.62. The zero-order valence-electron chi connectivity index (χ0n) is 17.2. The fourth-order valence-electron chi connectivity index (χ4n) is 3.88. The van der Waals surface area contributed by atoms with Crippen LogP contribution in [0.25, 0.3) is 0 Å². The summed E-state index contributed by atoms with van der Waals surface area (Å²) in [6.07, 6.45) is -4.47. The predicted octanol–water partition coefficient (Wildman–Crippen LogP) is 2.38. The third-order valence-corrected chi connectivity index (χ3v) is 5.35. The number of aliphatic imine (C=N–C) groups is 1. The number of benzene rings is 1. The Bertz CT molecular complexity index is 1080. The molecule has 0 spiro atoms. The number of alkyl halides is 3. The Morgan fingerprint density at radius 3 is 2.79 bits per heavy atom. The first-order chi connectivity index (χ1) is 15.6. The number of halogens is 4. The Morgan fingerprint density at radius 1 is 1.33 bits per heavy atom. The molecule has 0 aliphatic carbocycles. The van der Waals surface area contributed by atoms with E-state index in [0.717, 1.165) is 6.07 Å². The maximum absolute atomic E-state index is 14.9. The van der Waals surface area contributed by atoms with Gasteiger partial charge >= 0.3 is 6.18 Å². The van der Waals surface area contributed by atoms with Gasteiger partial charge in [-0.05, 0) is 25.1 Å². The van der Waals surface area contributed by atoms with Crippen LogP contribution >= 0.6 is 0 Å². The molecular weight excluding hydrogens is 450 g/mol. The molecule has 13 heteroatoms. The minimum Gasteiger partial charge on any atom is -0.477 e. The number of hydrogen-bond donors (Lipinski definition) is 2. The quantitative estimate of drug-likeness (QED) is 0.645. The van der Waals surface area contributed by atoms with Crippen LogP contribution in [-0.2, 0) is 15.0 Å². The number of amides is 1. The topological polar surface area (TPSA) is 121 Å². The maximum Gasteiger partial charge on any atom is 0.415 e. The Morgan fingerprint density at radius 2 is 2.12 bits per heavy atom. The third-order valence-electron chi connectivity index (χ3n) is 5.35. The van der Waals surface area contributed by atoms with Gasteiger partial charge in [0.15, 0.2) is 6.10 Å². The van der Waals surface area contributed by atoms with Gasteiger partial charge in [-0.15, -0.1) is 0 Å². The van der Waals surface area contributed by atoms with Gasteiger partial charge in [0, 0.05) is 11.3 Å². The molecule has 2 aromatic rings. The Balaban J connectivity index is 1.65. The molecule has 3 heterocycles. The second-order valence-corrected chi connectivity index (χ2v) is 7.39. The van der Waals surface area contributed by atoms with Gasteiger partial charge in [0.25, 0.3) is 11.9 Å². The van der Waals surface area contributed by atoms with Crippen molar-refractivity contribution in [3.05, 3.63) is 47.7 Å². The summed E-state index contributed by atoms with van der Waals surface area (Å²) >= 11 is 0. The highest BCUT2D eigenvalue weighted by Crippen LogP contribution is 2.50. The highest BCUT2D eigenvalue weighted by atomic mass is 19.4. The summed E-state index contributed by atoms with van der Waals surface area (Å²) in [4.78, 5) is 24.5. The number of carbonyl (C=O) groups excluding carboxylic acids is 1. The molecule has 0 radical (unpaired) electrons. The van der Waals surface area contributed by atoms with Crippen LogP contribution in [0.2, 0.25) is 0 Å². The monoisotopic (exact) mass is 469 g/mol. The Hall–Kier alpha value is -3.48. The number of carbonyl (C=O) groups is 1. The van der Waals surface area contributed by atoms with Crippen molar-refractivity contribution < 1.29 is 36.6 Å². The summed E-state index contributed by atoms with van der Waals surface area (Å²) in [7, 11) is 0. The highest BCUT2D eigenvalue weighted by molar-refractivity contribution is 6.02. The Kier molecular flexibility index (Phi) is 5.82. The van der Waals surface area contributed by atoms with Crippen LogP contribution in [0.4, 0.5) is 23.2 Å². The smallest absolute Gasteiger partial charge is 0.415 e. The first-order valence-electron chi connectivity index (χ1n) is 9.86. The number of ether oxygens (including phenoxy) is 3. The van der Waals surface area contributed by atoms with Gasteiger partial charge in [-0.2, -0.15) is 13.2 Å². The lowest BCUT2D eigenvalue weighted by atomic mass is 9.77. The number of nitrogens with two attached hydrogens (primary N) is 1. The lowest BCUT2D eigenvalue weighted by molar-refractivity contribution is -0.219. The largest absolute Gasteiger partial charge is 0.477 e. The molecule has 0 bridgehead atoms. The molecule has 4 rings (SSSR count). The summed E-state index contributed by atoms with van der Waals surface area (Å²) < 4.78 is 70.5. The second-order valence-electron chi connectivity index (χ2n) is 7.39. The standard InChI is InChI=1S/C20H19F4N5O4/c1-2-31-15-7-26-14(6-27-15)17(30)28-10-3-4-13(21)11(5-10)19-9-33-16(20(22,23)24)12(19)8-32-18(25)29-19/h3-7,12,16H,2,8-9H2,1H3,(H2,25,29)(H,28,30)/t12-,16+,19-/m1/s1. The lowest BCUT2D eigenvalue weighted by Gasteiger charge is -2.36. The predicted molar refractivity (Wildman–Crippen MR) is 106 cm³/mol. The molecule has 1 amide bonds. The normalized spacial score (nSPS) is 24.5. The first kappa shape index (κ1) is 22.7. The van der Waals surface area contributed by atoms with Crippen molar-refractivity contribution >= 4 is 17.6 Å². The molecule has 0 saturated carbocycles. The molecule has 33 heavy (non-hydrogen) atoms. The number of anilines is 1. The summed E-state index contributed by atoms with van der Waals surface area (Å²) in [5.74, 6) is -2.63. The molecule has 3 N–H and O–H groups in total. The van der Waals surface area contributed by atoms with Crippen molar-refractivity contribution in [2.24, 2.45) is 16.6 Å². The van der Waals surface area contributed by atoms with Crippen molar-refractivity contribution in [2.75, 3.05) is 25.1 Å². The zero-order valence-corrected chi connectivity index (χ0v) is 17.2. The molecule has 9 nitrogen and oxygen atoms in total. The molecule has 1 fully saturated rings. The van der Waals surface area contributed by atoms with E-state index in [9.17, 15) is 22.4 Å². The SMILES string of the molecule is CCOc1cnc(C(=O)Nc2ccc(F)c([C@]34CO[C@H](C(F)(F)F)[C@H]3COC(N)=N4)c2)cn1. The van der Waals surface area contributed by atoms with Crippen molar-refractivity contribution in [1.82, 2.24) is 9.97 Å². The van der Waals surface area contributed by atoms with Crippen LogP contribution in [0, 0.1) is 11.7 Å².